The van der Waals surface area contributed by atoms with Crippen LogP contribution in [-0.2, 0) is 4.74 Å². The fourth-order valence-corrected chi connectivity index (χ4v) is 3.72. The highest BCUT2D eigenvalue weighted by molar-refractivity contribution is 5.28. The highest BCUT2D eigenvalue weighted by atomic mass is 19.1. The lowest BCUT2D eigenvalue weighted by Gasteiger charge is -2.30. The summed E-state index contributed by atoms with van der Waals surface area (Å²) in [4.78, 5) is 0. The van der Waals surface area contributed by atoms with Gasteiger partial charge in [0.25, 0.3) is 0 Å². The van der Waals surface area contributed by atoms with Crippen molar-refractivity contribution in [1.82, 2.24) is 5.32 Å². The quantitative estimate of drug-likeness (QED) is 0.885. The predicted octanol–water partition coefficient (Wildman–Crippen LogP) is 3.74. The van der Waals surface area contributed by atoms with Crippen LogP contribution >= 0.6 is 0 Å². The number of hydrogen-bond donors (Lipinski definition) is 1. The molecule has 2 nitrogen and oxygen atoms in total. The molecular formula is C17H24FNO. The second-order valence-electron chi connectivity index (χ2n) is 6.23. The first-order valence-electron chi connectivity index (χ1n) is 7.84. The Morgan fingerprint density at radius 3 is 2.90 bits per heavy atom. The Morgan fingerprint density at radius 1 is 1.40 bits per heavy atom. The summed E-state index contributed by atoms with van der Waals surface area (Å²) in [6.45, 7) is 5.09. The summed E-state index contributed by atoms with van der Waals surface area (Å²) in [5, 5.41) is 3.56. The lowest BCUT2D eigenvalue weighted by molar-refractivity contribution is 0.0854. The third-order valence-electron chi connectivity index (χ3n) is 4.68. The molecule has 0 aromatic heterocycles. The number of rotatable bonds is 5. The molecule has 1 aromatic rings. The highest BCUT2D eigenvalue weighted by Crippen LogP contribution is 2.45. The van der Waals surface area contributed by atoms with E-state index in [4.69, 9.17) is 4.74 Å². The third kappa shape index (κ3) is 2.61. The molecule has 2 heterocycles. The van der Waals surface area contributed by atoms with E-state index in [1.54, 1.807) is 6.07 Å². The largest absolute Gasteiger partial charge is 0.375 e. The minimum Gasteiger partial charge on any atom is -0.375 e. The van der Waals surface area contributed by atoms with Crippen LogP contribution in [0, 0.1) is 18.7 Å². The molecular weight excluding hydrogens is 253 g/mol. The number of nitrogens with one attached hydrogen (secondary N) is 1. The topological polar surface area (TPSA) is 21.3 Å². The van der Waals surface area contributed by atoms with E-state index in [9.17, 15) is 4.39 Å². The maximum absolute atomic E-state index is 14.3. The summed E-state index contributed by atoms with van der Waals surface area (Å²) in [6.07, 6.45) is 5.16. The van der Waals surface area contributed by atoms with Gasteiger partial charge in [0.1, 0.15) is 5.82 Å². The number of fused-ring (bicyclic) bond motifs is 2. The van der Waals surface area contributed by atoms with E-state index in [0.717, 1.165) is 36.9 Å². The first kappa shape index (κ1) is 14.0. The van der Waals surface area contributed by atoms with Crippen LogP contribution in [0.25, 0.3) is 0 Å². The van der Waals surface area contributed by atoms with Gasteiger partial charge < -0.3 is 10.1 Å². The fourth-order valence-electron chi connectivity index (χ4n) is 3.72. The molecule has 0 radical (unpaired) electrons. The minimum atomic E-state index is -0.0908. The highest BCUT2D eigenvalue weighted by Gasteiger charge is 2.45. The lowest BCUT2D eigenvalue weighted by atomic mass is 9.80. The molecule has 0 spiro atoms. The summed E-state index contributed by atoms with van der Waals surface area (Å²) >= 11 is 0. The van der Waals surface area contributed by atoms with E-state index < -0.39 is 0 Å². The number of ether oxygens (including phenoxy) is 1. The lowest BCUT2D eigenvalue weighted by Crippen LogP contribution is -2.34. The molecule has 3 rings (SSSR count). The van der Waals surface area contributed by atoms with E-state index in [1.165, 1.54) is 6.42 Å². The van der Waals surface area contributed by atoms with Crippen molar-refractivity contribution in [3.63, 3.8) is 0 Å². The Kier molecular flexibility index (Phi) is 4.08. The van der Waals surface area contributed by atoms with Gasteiger partial charge in [0.2, 0.25) is 0 Å². The van der Waals surface area contributed by atoms with E-state index >= 15 is 0 Å². The molecule has 3 heteroatoms. The number of benzene rings is 1. The second kappa shape index (κ2) is 5.82. The van der Waals surface area contributed by atoms with Gasteiger partial charge in [0.05, 0.1) is 12.2 Å². The van der Waals surface area contributed by atoms with Crippen LogP contribution in [0.15, 0.2) is 18.2 Å². The van der Waals surface area contributed by atoms with Gasteiger partial charge >= 0.3 is 0 Å². The molecule has 0 amide bonds. The van der Waals surface area contributed by atoms with Crippen molar-refractivity contribution in [3.05, 3.63) is 35.1 Å². The molecule has 2 bridgehead atoms. The average Bonchev–Trinajstić information content (AvgIpc) is 3.05. The van der Waals surface area contributed by atoms with Crippen LogP contribution in [0.5, 0.6) is 0 Å². The molecule has 0 aliphatic carbocycles. The molecule has 0 saturated carbocycles. The first-order chi connectivity index (χ1) is 9.69. The van der Waals surface area contributed by atoms with Gasteiger partial charge in [-0.1, -0.05) is 24.6 Å². The van der Waals surface area contributed by atoms with Gasteiger partial charge in [-0.3, -0.25) is 0 Å². The second-order valence-corrected chi connectivity index (χ2v) is 6.23. The summed E-state index contributed by atoms with van der Waals surface area (Å²) in [5.41, 5.74) is 1.94. The molecule has 110 valence electrons. The van der Waals surface area contributed by atoms with Gasteiger partial charge in [0, 0.05) is 17.5 Å². The summed E-state index contributed by atoms with van der Waals surface area (Å²) < 4.78 is 20.2. The molecule has 2 saturated heterocycles. The van der Waals surface area contributed by atoms with Gasteiger partial charge in [-0.25, -0.2) is 4.39 Å². The Labute approximate surface area is 120 Å². The fraction of sp³-hybridized carbons (Fsp3) is 0.647. The van der Waals surface area contributed by atoms with Crippen LogP contribution < -0.4 is 5.32 Å². The zero-order chi connectivity index (χ0) is 14.1. The molecule has 1 aromatic carbocycles. The normalized spacial score (nSPS) is 29.9. The number of hydrogen-bond acceptors (Lipinski definition) is 2. The standard InChI is InChI=1S/C17H24FNO/c1-3-8-19-17(13-9-11(2)4-6-15(13)18)14-10-12-5-7-16(14)20-12/h4,6,9,12,14,16-17,19H,3,5,7-8,10H2,1-2H3. The number of aryl methyl sites for hydroxylation is 1. The molecule has 4 atom stereocenters. The van der Waals surface area contributed by atoms with Crippen molar-refractivity contribution in [3.8, 4) is 0 Å². The molecule has 20 heavy (non-hydrogen) atoms. The van der Waals surface area contributed by atoms with Gasteiger partial charge in [-0.2, -0.15) is 0 Å². The first-order valence-corrected chi connectivity index (χ1v) is 7.84. The molecule has 1 N–H and O–H groups in total. The predicted molar refractivity (Wildman–Crippen MR) is 78.2 cm³/mol. The minimum absolute atomic E-state index is 0.0881. The molecule has 2 aliphatic heterocycles. The van der Waals surface area contributed by atoms with Crippen molar-refractivity contribution < 1.29 is 9.13 Å². The molecule has 4 unspecified atom stereocenters. The third-order valence-corrected chi connectivity index (χ3v) is 4.68. The van der Waals surface area contributed by atoms with Crippen molar-refractivity contribution in [2.75, 3.05) is 6.54 Å². The van der Waals surface area contributed by atoms with E-state index in [0.29, 0.717) is 18.1 Å². The smallest absolute Gasteiger partial charge is 0.128 e. The Balaban J connectivity index is 1.87. The Bertz CT molecular complexity index is 476. The summed E-state index contributed by atoms with van der Waals surface area (Å²) in [7, 11) is 0. The van der Waals surface area contributed by atoms with Crippen LogP contribution in [0.1, 0.15) is 49.8 Å². The van der Waals surface area contributed by atoms with Crippen LogP contribution in [-0.4, -0.2) is 18.8 Å². The van der Waals surface area contributed by atoms with Crippen molar-refractivity contribution in [1.29, 1.82) is 0 Å². The number of halogens is 1. The van der Waals surface area contributed by atoms with Crippen molar-refractivity contribution in [2.24, 2.45) is 5.92 Å². The monoisotopic (exact) mass is 277 g/mol. The maximum Gasteiger partial charge on any atom is 0.128 e. The van der Waals surface area contributed by atoms with E-state index in [1.807, 2.05) is 19.1 Å². The zero-order valence-corrected chi connectivity index (χ0v) is 12.4. The van der Waals surface area contributed by atoms with Gasteiger partial charge in [0.15, 0.2) is 0 Å². The van der Waals surface area contributed by atoms with Crippen LogP contribution in [0.3, 0.4) is 0 Å². The van der Waals surface area contributed by atoms with Crippen LogP contribution in [0.4, 0.5) is 4.39 Å². The maximum atomic E-state index is 14.3. The molecule has 2 aliphatic rings. The SMILES string of the molecule is CCCNC(c1cc(C)ccc1F)C1CC2CCC1O2. The summed E-state index contributed by atoms with van der Waals surface area (Å²) in [6, 6.07) is 5.52. The Hall–Kier alpha value is -0.930. The van der Waals surface area contributed by atoms with E-state index in [2.05, 4.69) is 12.2 Å². The van der Waals surface area contributed by atoms with Crippen LogP contribution in [0.2, 0.25) is 0 Å². The average molecular weight is 277 g/mol. The van der Waals surface area contributed by atoms with Crippen molar-refractivity contribution >= 4 is 0 Å². The van der Waals surface area contributed by atoms with Crippen molar-refractivity contribution in [2.45, 2.75) is 57.8 Å². The van der Waals surface area contributed by atoms with Gasteiger partial charge in [-0.05, 0) is 45.2 Å². The molecule has 2 fully saturated rings. The Morgan fingerprint density at radius 2 is 2.25 bits per heavy atom. The van der Waals surface area contributed by atoms with E-state index in [-0.39, 0.29) is 11.9 Å². The summed E-state index contributed by atoms with van der Waals surface area (Å²) in [5.74, 6) is 0.323. The zero-order valence-electron chi connectivity index (χ0n) is 12.4. The van der Waals surface area contributed by atoms with Gasteiger partial charge in [-0.15, -0.1) is 0 Å².